The Morgan fingerprint density at radius 2 is 2.33 bits per heavy atom. The van der Waals surface area contributed by atoms with Crippen LogP contribution in [0.2, 0.25) is 0 Å². The van der Waals surface area contributed by atoms with Crippen LogP contribution in [0.1, 0.15) is 0 Å². The summed E-state index contributed by atoms with van der Waals surface area (Å²) in [5, 5.41) is 5.93. The first-order valence-electron chi connectivity index (χ1n) is 5.27. The van der Waals surface area contributed by atoms with Crippen molar-refractivity contribution >= 4 is 39.2 Å². The summed E-state index contributed by atoms with van der Waals surface area (Å²) in [5.41, 5.74) is 10.6. The van der Waals surface area contributed by atoms with Gasteiger partial charge < -0.3 is 21.5 Å². The van der Waals surface area contributed by atoms with Crippen LogP contribution in [-0.2, 0) is 9.53 Å². The Balaban J connectivity index is 1.94. The molecule has 0 aromatic carbocycles. The SMILES string of the molecule is NC(=O)COCCNc1nc(N)nc2sccc12. The van der Waals surface area contributed by atoms with Crippen LogP contribution in [-0.4, -0.2) is 35.6 Å². The number of fused-ring (bicyclic) bond motifs is 1. The summed E-state index contributed by atoms with van der Waals surface area (Å²) in [4.78, 5) is 19.5. The molecule has 96 valence electrons. The maximum atomic E-state index is 10.5. The van der Waals surface area contributed by atoms with Crippen molar-refractivity contribution in [2.45, 2.75) is 0 Å². The van der Waals surface area contributed by atoms with E-state index in [4.69, 9.17) is 16.2 Å². The van der Waals surface area contributed by atoms with Gasteiger partial charge in [-0.1, -0.05) is 0 Å². The number of hydrogen-bond acceptors (Lipinski definition) is 7. The quantitative estimate of drug-likeness (QED) is 0.643. The summed E-state index contributed by atoms with van der Waals surface area (Å²) in [5.74, 6) is 0.411. The molecule has 0 radical (unpaired) electrons. The van der Waals surface area contributed by atoms with Crippen LogP contribution in [0, 0.1) is 0 Å². The van der Waals surface area contributed by atoms with Crippen molar-refractivity contribution < 1.29 is 9.53 Å². The zero-order chi connectivity index (χ0) is 13.0. The lowest BCUT2D eigenvalue weighted by atomic mass is 10.4. The number of hydrogen-bond donors (Lipinski definition) is 3. The average molecular weight is 267 g/mol. The van der Waals surface area contributed by atoms with Gasteiger partial charge in [0.25, 0.3) is 0 Å². The Morgan fingerprint density at radius 3 is 3.11 bits per heavy atom. The third kappa shape index (κ3) is 3.05. The van der Waals surface area contributed by atoms with E-state index in [0.29, 0.717) is 19.0 Å². The van der Waals surface area contributed by atoms with Crippen LogP contribution in [0.5, 0.6) is 0 Å². The average Bonchev–Trinajstić information content (AvgIpc) is 2.75. The van der Waals surface area contributed by atoms with Gasteiger partial charge in [0.2, 0.25) is 11.9 Å². The van der Waals surface area contributed by atoms with Gasteiger partial charge in [-0.15, -0.1) is 11.3 Å². The van der Waals surface area contributed by atoms with Gasteiger partial charge in [-0.3, -0.25) is 4.79 Å². The molecule has 0 fully saturated rings. The minimum Gasteiger partial charge on any atom is -0.370 e. The van der Waals surface area contributed by atoms with Crippen molar-refractivity contribution in [1.82, 2.24) is 9.97 Å². The number of aromatic nitrogens is 2. The fourth-order valence-electron chi connectivity index (χ4n) is 1.42. The third-order valence-electron chi connectivity index (χ3n) is 2.13. The minimum atomic E-state index is -0.485. The van der Waals surface area contributed by atoms with E-state index in [1.807, 2.05) is 11.4 Å². The summed E-state index contributed by atoms with van der Waals surface area (Å²) in [6.45, 7) is 0.786. The molecule has 2 heterocycles. The maximum Gasteiger partial charge on any atom is 0.243 e. The molecule has 0 unspecified atom stereocenters. The van der Waals surface area contributed by atoms with Crippen LogP contribution in [0.4, 0.5) is 11.8 Å². The zero-order valence-corrected chi connectivity index (χ0v) is 10.4. The Hall–Kier alpha value is -1.93. The predicted octanol–water partition coefficient (Wildman–Crippen LogP) is 0.187. The molecule has 0 aliphatic carbocycles. The highest BCUT2D eigenvalue weighted by molar-refractivity contribution is 7.16. The first-order valence-corrected chi connectivity index (χ1v) is 6.15. The molecule has 18 heavy (non-hydrogen) atoms. The molecule has 2 rings (SSSR count). The Morgan fingerprint density at radius 1 is 1.50 bits per heavy atom. The lowest BCUT2D eigenvalue weighted by molar-refractivity contribution is -0.122. The number of carbonyl (C=O) groups excluding carboxylic acids is 1. The first-order chi connectivity index (χ1) is 8.66. The first kappa shape index (κ1) is 12.5. The van der Waals surface area contributed by atoms with Crippen LogP contribution in [0.25, 0.3) is 10.2 Å². The molecule has 5 N–H and O–H groups in total. The summed E-state index contributed by atoms with van der Waals surface area (Å²) >= 11 is 1.50. The third-order valence-corrected chi connectivity index (χ3v) is 2.93. The van der Waals surface area contributed by atoms with Crippen LogP contribution in [0.15, 0.2) is 11.4 Å². The van der Waals surface area contributed by atoms with Gasteiger partial charge in [0.05, 0.1) is 12.0 Å². The summed E-state index contributed by atoms with van der Waals surface area (Å²) in [7, 11) is 0. The molecule has 0 saturated heterocycles. The largest absolute Gasteiger partial charge is 0.370 e. The Labute approximate surface area is 107 Å². The number of rotatable bonds is 6. The van der Waals surface area contributed by atoms with Gasteiger partial charge in [-0.2, -0.15) is 4.98 Å². The number of anilines is 2. The van der Waals surface area contributed by atoms with E-state index in [2.05, 4.69) is 15.3 Å². The van der Waals surface area contributed by atoms with E-state index in [1.165, 1.54) is 11.3 Å². The highest BCUT2D eigenvalue weighted by Gasteiger charge is 2.06. The lowest BCUT2D eigenvalue weighted by Crippen LogP contribution is -2.20. The van der Waals surface area contributed by atoms with Crippen LogP contribution < -0.4 is 16.8 Å². The van der Waals surface area contributed by atoms with Gasteiger partial charge in [-0.25, -0.2) is 4.98 Å². The number of primary amides is 1. The van der Waals surface area contributed by atoms with Gasteiger partial charge >= 0.3 is 0 Å². The van der Waals surface area contributed by atoms with Crippen LogP contribution >= 0.6 is 11.3 Å². The van der Waals surface area contributed by atoms with Crippen molar-refractivity contribution in [3.05, 3.63) is 11.4 Å². The van der Waals surface area contributed by atoms with Crippen molar-refractivity contribution in [1.29, 1.82) is 0 Å². The highest BCUT2D eigenvalue weighted by atomic mass is 32.1. The number of nitrogens with one attached hydrogen (secondary N) is 1. The number of nitrogen functional groups attached to an aromatic ring is 1. The number of nitrogens with zero attached hydrogens (tertiary/aromatic N) is 2. The molecular weight excluding hydrogens is 254 g/mol. The van der Waals surface area contributed by atoms with Crippen molar-refractivity contribution in [3.63, 3.8) is 0 Å². The number of ether oxygens (including phenoxy) is 1. The maximum absolute atomic E-state index is 10.5. The molecule has 1 amide bonds. The molecule has 7 nitrogen and oxygen atoms in total. The van der Waals surface area contributed by atoms with E-state index in [9.17, 15) is 4.79 Å². The van der Waals surface area contributed by atoms with E-state index >= 15 is 0 Å². The topological polar surface area (TPSA) is 116 Å². The Bertz CT molecular complexity index is 556. The monoisotopic (exact) mass is 267 g/mol. The normalized spacial score (nSPS) is 10.7. The summed E-state index contributed by atoms with van der Waals surface area (Å²) in [6, 6.07) is 1.92. The van der Waals surface area contributed by atoms with E-state index in [0.717, 1.165) is 10.2 Å². The molecule has 0 bridgehead atoms. The molecule has 0 aliphatic heterocycles. The molecule has 0 aliphatic rings. The molecule has 0 atom stereocenters. The molecule has 2 aromatic heterocycles. The second-order valence-corrected chi connectivity index (χ2v) is 4.41. The van der Waals surface area contributed by atoms with E-state index in [-0.39, 0.29) is 12.6 Å². The van der Waals surface area contributed by atoms with Gasteiger partial charge in [0.15, 0.2) is 0 Å². The van der Waals surface area contributed by atoms with Crippen molar-refractivity contribution in [2.24, 2.45) is 5.73 Å². The van der Waals surface area contributed by atoms with Crippen molar-refractivity contribution in [3.8, 4) is 0 Å². The fraction of sp³-hybridized carbons (Fsp3) is 0.300. The lowest BCUT2D eigenvalue weighted by Gasteiger charge is -2.07. The molecule has 8 heteroatoms. The van der Waals surface area contributed by atoms with Gasteiger partial charge in [0, 0.05) is 6.54 Å². The van der Waals surface area contributed by atoms with Crippen molar-refractivity contribution in [2.75, 3.05) is 30.8 Å². The smallest absolute Gasteiger partial charge is 0.243 e. The molecule has 0 spiro atoms. The second kappa shape index (κ2) is 5.61. The molecular formula is C10H13N5O2S. The number of thiophene rings is 1. The zero-order valence-electron chi connectivity index (χ0n) is 9.55. The van der Waals surface area contributed by atoms with Gasteiger partial charge in [0.1, 0.15) is 17.3 Å². The second-order valence-electron chi connectivity index (χ2n) is 3.52. The predicted molar refractivity (Wildman–Crippen MR) is 70.3 cm³/mol. The molecule has 2 aromatic rings. The Kier molecular flexibility index (Phi) is 3.90. The summed E-state index contributed by atoms with van der Waals surface area (Å²) in [6.07, 6.45) is 0. The van der Waals surface area contributed by atoms with E-state index in [1.54, 1.807) is 0 Å². The number of amides is 1. The van der Waals surface area contributed by atoms with E-state index < -0.39 is 5.91 Å². The standard InChI is InChI=1S/C10H13N5O2S/c11-7(16)5-17-3-2-13-8-6-1-4-18-9(6)15-10(12)14-8/h1,4H,2-3,5H2,(H2,11,16)(H3,12,13,14,15). The molecule has 0 saturated carbocycles. The van der Waals surface area contributed by atoms with Crippen LogP contribution in [0.3, 0.4) is 0 Å². The number of carbonyl (C=O) groups is 1. The fourth-order valence-corrected chi connectivity index (χ4v) is 2.19. The minimum absolute atomic E-state index is 0.0819. The number of nitrogens with two attached hydrogens (primary N) is 2. The van der Waals surface area contributed by atoms with Gasteiger partial charge in [-0.05, 0) is 11.4 Å². The highest BCUT2D eigenvalue weighted by Crippen LogP contribution is 2.25. The summed E-state index contributed by atoms with van der Waals surface area (Å²) < 4.78 is 5.03.